The van der Waals surface area contributed by atoms with Gasteiger partial charge in [-0.15, -0.1) is 0 Å². The zero-order valence-corrected chi connectivity index (χ0v) is 11.8. The summed E-state index contributed by atoms with van der Waals surface area (Å²) in [5.74, 6) is 0. The molecule has 0 amide bonds. The van der Waals surface area contributed by atoms with Crippen molar-refractivity contribution >= 4 is 34.4 Å². The van der Waals surface area contributed by atoms with E-state index in [1.165, 1.54) is 6.07 Å². The molecule has 0 aromatic heterocycles. The first-order valence-electron chi connectivity index (χ1n) is 5.98. The zero-order chi connectivity index (χ0) is 15.4. The fraction of sp³-hybridized carbons (Fsp3) is 0.0714. The fourth-order valence-corrected chi connectivity index (χ4v) is 2.04. The Morgan fingerprint density at radius 1 is 1.24 bits per heavy atom. The van der Waals surface area contributed by atoms with Crippen molar-refractivity contribution < 1.29 is 4.92 Å². The Hall–Kier alpha value is -2.78. The molecule has 0 saturated heterocycles. The number of halogens is 1. The number of nitriles is 1. The summed E-state index contributed by atoms with van der Waals surface area (Å²) in [6, 6.07) is 11.5. The predicted molar refractivity (Wildman–Crippen MR) is 82.1 cm³/mol. The number of hydrogen-bond acceptors (Lipinski definition) is 5. The van der Waals surface area contributed by atoms with Gasteiger partial charge in [0.1, 0.15) is 11.4 Å². The largest absolute Gasteiger partial charge is 0.382 e. The van der Waals surface area contributed by atoms with Crippen LogP contribution in [0.5, 0.6) is 0 Å². The topological polar surface area (TPSA) is 91.0 Å². The number of para-hydroxylation sites is 1. The Bertz CT molecular complexity index is 740. The van der Waals surface area contributed by atoms with Crippen molar-refractivity contribution in [3.8, 4) is 6.07 Å². The maximum atomic E-state index is 11.2. The summed E-state index contributed by atoms with van der Waals surface area (Å²) < 4.78 is 0. The van der Waals surface area contributed by atoms with Gasteiger partial charge in [-0.05, 0) is 30.3 Å². The van der Waals surface area contributed by atoms with Gasteiger partial charge in [0.05, 0.1) is 27.3 Å². The molecule has 0 aliphatic heterocycles. The predicted octanol–water partition coefficient (Wildman–Crippen LogP) is 3.91. The van der Waals surface area contributed by atoms with E-state index in [1.807, 2.05) is 6.07 Å². The standard InChI is InChI=1S/C14H11ClN4O2/c1-17-11-3-2-4-12(14(11)19(20)21)18-13-7-9(8-16)5-6-10(13)15/h2-7,17-18H,1H3. The van der Waals surface area contributed by atoms with E-state index in [0.29, 0.717) is 27.6 Å². The molecule has 0 saturated carbocycles. The normalized spacial score (nSPS) is 9.76. The first-order chi connectivity index (χ1) is 10.1. The van der Waals surface area contributed by atoms with Crippen LogP contribution in [-0.4, -0.2) is 12.0 Å². The first-order valence-corrected chi connectivity index (χ1v) is 6.36. The molecule has 2 aromatic carbocycles. The lowest BCUT2D eigenvalue weighted by atomic mass is 10.2. The Morgan fingerprint density at radius 2 is 1.95 bits per heavy atom. The summed E-state index contributed by atoms with van der Waals surface area (Å²) >= 11 is 6.05. The van der Waals surface area contributed by atoms with Gasteiger partial charge in [-0.3, -0.25) is 10.1 Å². The van der Waals surface area contributed by atoms with E-state index >= 15 is 0 Å². The molecule has 0 radical (unpaired) electrons. The fourth-order valence-electron chi connectivity index (χ4n) is 1.88. The van der Waals surface area contributed by atoms with Crippen LogP contribution in [0.3, 0.4) is 0 Å². The third kappa shape index (κ3) is 3.04. The van der Waals surface area contributed by atoms with Crippen LogP contribution in [0.1, 0.15) is 5.56 Å². The molecule has 0 aliphatic rings. The van der Waals surface area contributed by atoms with Gasteiger partial charge in [-0.2, -0.15) is 5.26 Å². The van der Waals surface area contributed by atoms with Crippen LogP contribution < -0.4 is 10.6 Å². The monoisotopic (exact) mass is 302 g/mol. The average Bonchev–Trinajstić information content (AvgIpc) is 2.48. The molecule has 2 rings (SSSR count). The lowest BCUT2D eigenvalue weighted by Crippen LogP contribution is -2.01. The van der Waals surface area contributed by atoms with Crippen molar-refractivity contribution in [1.82, 2.24) is 0 Å². The maximum absolute atomic E-state index is 11.2. The van der Waals surface area contributed by atoms with Gasteiger partial charge in [-0.1, -0.05) is 17.7 Å². The van der Waals surface area contributed by atoms with Crippen molar-refractivity contribution in [3.63, 3.8) is 0 Å². The van der Waals surface area contributed by atoms with Crippen LogP contribution in [0, 0.1) is 21.4 Å². The molecule has 0 bridgehead atoms. The molecule has 0 atom stereocenters. The van der Waals surface area contributed by atoms with Gasteiger partial charge in [0, 0.05) is 7.05 Å². The van der Waals surface area contributed by atoms with E-state index in [4.69, 9.17) is 16.9 Å². The van der Waals surface area contributed by atoms with Crippen LogP contribution >= 0.6 is 11.6 Å². The van der Waals surface area contributed by atoms with Crippen molar-refractivity contribution in [3.05, 3.63) is 57.1 Å². The third-order valence-corrected chi connectivity index (χ3v) is 3.18. The molecular formula is C14H11ClN4O2. The number of nitrogens with one attached hydrogen (secondary N) is 2. The number of anilines is 3. The Balaban J connectivity index is 2.50. The van der Waals surface area contributed by atoms with Gasteiger partial charge >= 0.3 is 5.69 Å². The second kappa shape index (κ2) is 6.11. The highest BCUT2D eigenvalue weighted by molar-refractivity contribution is 6.33. The quantitative estimate of drug-likeness (QED) is 0.660. The summed E-state index contributed by atoms with van der Waals surface area (Å²) in [6.07, 6.45) is 0. The van der Waals surface area contributed by atoms with E-state index in [2.05, 4.69) is 10.6 Å². The summed E-state index contributed by atoms with van der Waals surface area (Å²) in [5.41, 5.74) is 1.45. The van der Waals surface area contributed by atoms with Gasteiger partial charge < -0.3 is 10.6 Å². The molecule has 21 heavy (non-hydrogen) atoms. The van der Waals surface area contributed by atoms with Crippen LogP contribution in [0.2, 0.25) is 5.02 Å². The number of nitrogens with zero attached hydrogens (tertiary/aromatic N) is 2. The van der Waals surface area contributed by atoms with Crippen molar-refractivity contribution in [1.29, 1.82) is 5.26 Å². The molecule has 0 spiro atoms. The molecule has 0 heterocycles. The number of rotatable bonds is 4. The second-order valence-corrected chi connectivity index (χ2v) is 4.55. The number of hydrogen-bond donors (Lipinski definition) is 2. The minimum atomic E-state index is -0.476. The van der Waals surface area contributed by atoms with Crippen LogP contribution in [-0.2, 0) is 0 Å². The Labute approximate surface area is 126 Å². The van der Waals surface area contributed by atoms with Gasteiger partial charge in [0.15, 0.2) is 0 Å². The first kappa shape index (κ1) is 14.6. The van der Waals surface area contributed by atoms with Gasteiger partial charge in [0.2, 0.25) is 0 Å². The van der Waals surface area contributed by atoms with E-state index in [9.17, 15) is 10.1 Å². The van der Waals surface area contributed by atoms with E-state index in [1.54, 1.807) is 37.4 Å². The lowest BCUT2D eigenvalue weighted by molar-refractivity contribution is -0.383. The van der Waals surface area contributed by atoms with E-state index in [-0.39, 0.29) is 5.69 Å². The number of nitro groups is 1. The summed E-state index contributed by atoms with van der Waals surface area (Å²) in [7, 11) is 1.61. The van der Waals surface area contributed by atoms with E-state index < -0.39 is 4.92 Å². The third-order valence-electron chi connectivity index (χ3n) is 2.85. The summed E-state index contributed by atoms with van der Waals surface area (Å²) in [6.45, 7) is 0. The van der Waals surface area contributed by atoms with Crippen LogP contribution in [0.4, 0.5) is 22.7 Å². The highest BCUT2D eigenvalue weighted by Gasteiger charge is 2.19. The Morgan fingerprint density at radius 3 is 2.57 bits per heavy atom. The van der Waals surface area contributed by atoms with Crippen LogP contribution in [0.15, 0.2) is 36.4 Å². The van der Waals surface area contributed by atoms with Gasteiger partial charge in [0.25, 0.3) is 0 Å². The average molecular weight is 303 g/mol. The molecule has 2 aromatic rings. The minimum Gasteiger partial charge on any atom is -0.382 e. The van der Waals surface area contributed by atoms with Crippen molar-refractivity contribution in [2.45, 2.75) is 0 Å². The smallest absolute Gasteiger partial charge is 0.315 e. The summed E-state index contributed by atoms with van der Waals surface area (Å²) in [5, 5.41) is 26.2. The molecule has 2 N–H and O–H groups in total. The maximum Gasteiger partial charge on any atom is 0.315 e. The molecular weight excluding hydrogens is 292 g/mol. The lowest BCUT2D eigenvalue weighted by Gasteiger charge is -2.11. The van der Waals surface area contributed by atoms with Crippen molar-refractivity contribution in [2.24, 2.45) is 0 Å². The number of nitro benzene ring substituents is 1. The molecule has 0 unspecified atom stereocenters. The Kier molecular flexibility index (Phi) is 4.26. The van der Waals surface area contributed by atoms with Gasteiger partial charge in [-0.25, -0.2) is 0 Å². The molecule has 7 heteroatoms. The van der Waals surface area contributed by atoms with Crippen LogP contribution in [0.25, 0.3) is 0 Å². The molecule has 0 fully saturated rings. The zero-order valence-electron chi connectivity index (χ0n) is 11.1. The number of benzene rings is 2. The molecule has 0 aliphatic carbocycles. The van der Waals surface area contributed by atoms with Crippen molar-refractivity contribution in [2.75, 3.05) is 17.7 Å². The highest BCUT2D eigenvalue weighted by Crippen LogP contribution is 2.36. The summed E-state index contributed by atoms with van der Waals surface area (Å²) in [4.78, 5) is 10.8. The molecule has 106 valence electrons. The second-order valence-electron chi connectivity index (χ2n) is 4.14. The van der Waals surface area contributed by atoms with E-state index in [0.717, 1.165) is 0 Å². The SMILES string of the molecule is CNc1cccc(Nc2cc(C#N)ccc2Cl)c1[N+](=O)[O-]. The highest BCUT2D eigenvalue weighted by atomic mass is 35.5. The molecule has 6 nitrogen and oxygen atoms in total. The minimum absolute atomic E-state index is 0.0848.